The Bertz CT molecular complexity index is 625. The fourth-order valence-corrected chi connectivity index (χ4v) is 1.67. The first-order valence-electron chi connectivity index (χ1n) is 4.83. The number of nitrogens with zero attached hydrogens (tertiary/aromatic N) is 4. The van der Waals surface area contributed by atoms with Crippen LogP contribution in [0.3, 0.4) is 0 Å². The number of imidazole rings is 1. The van der Waals surface area contributed by atoms with Gasteiger partial charge in [-0.05, 0) is 12.5 Å². The zero-order chi connectivity index (χ0) is 12.4. The molecule has 17 heavy (non-hydrogen) atoms. The number of nitro groups is 1. The maximum Gasteiger partial charge on any atom is 0.293 e. The summed E-state index contributed by atoms with van der Waals surface area (Å²) in [5, 5.41) is 19.8. The molecule has 0 aliphatic carbocycles. The highest BCUT2D eigenvalue weighted by Crippen LogP contribution is 2.26. The zero-order valence-electron chi connectivity index (χ0n) is 8.99. The lowest BCUT2D eigenvalue weighted by atomic mass is 10.1. The summed E-state index contributed by atoms with van der Waals surface area (Å²) in [6.45, 7) is 1.75. The van der Waals surface area contributed by atoms with Crippen molar-refractivity contribution in [3.05, 3.63) is 52.1 Å². The van der Waals surface area contributed by atoms with Gasteiger partial charge in [0.25, 0.3) is 5.69 Å². The largest absolute Gasteiger partial charge is 0.293 e. The van der Waals surface area contributed by atoms with E-state index in [1.165, 1.54) is 23.0 Å². The first-order valence-corrected chi connectivity index (χ1v) is 4.83. The average Bonchev–Trinajstić information content (AvgIpc) is 2.76. The molecule has 0 fully saturated rings. The number of nitro benzene ring substituents is 1. The van der Waals surface area contributed by atoms with Crippen molar-refractivity contribution >= 4 is 5.69 Å². The Morgan fingerprint density at radius 3 is 2.94 bits per heavy atom. The molecule has 2 rings (SSSR count). The Morgan fingerprint density at radius 1 is 1.53 bits per heavy atom. The van der Waals surface area contributed by atoms with Crippen LogP contribution in [-0.4, -0.2) is 14.5 Å². The highest BCUT2D eigenvalue weighted by Gasteiger charge is 2.19. The van der Waals surface area contributed by atoms with E-state index in [2.05, 4.69) is 4.98 Å². The zero-order valence-corrected chi connectivity index (χ0v) is 8.99. The molecule has 0 saturated carbocycles. The summed E-state index contributed by atoms with van der Waals surface area (Å²) in [5.74, 6) is 0.127. The third kappa shape index (κ3) is 1.74. The van der Waals surface area contributed by atoms with Crippen LogP contribution in [0, 0.1) is 28.4 Å². The average molecular weight is 228 g/mol. The summed E-state index contributed by atoms with van der Waals surface area (Å²) < 4.78 is 1.42. The molecule has 0 N–H and O–H groups in total. The molecule has 0 unspecified atom stereocenters. The molecule has 84 valence electrons. The lowest BCUT2D eigenvalue weighted by Gasteiger charge is -2.07. The minimum atomic E-state index is -0.469. The van der Waals surface area contributed by atoms with E-state index in [0.29, 0.717) is 11.3 Å². The monoisotopic (exact) mass is 228 g/mol. The van der Waals surface area contributed by atoms with E-state index in [1.54, 1.807) is 19.1 Å². The topological polar surface area (TPSA) is 84.8 Å². The molecular weight excluding hydrogens is 220 g/mol. The molecule has 0 atom stereocenters. The lowest BCUT2D eigenvalue weighted by Crippen LogP contribution is -2.03. The Balaban J connectivity index is 2.75. The van der Waals surface area contributed by atoms with Gasteiger partial charge in [0.05, 0.1) is 4.92 Å². The molecule has 1 aromatic carbocycles. The van der Waals surface area contributed by atoms with Crippen molar-refractivity contribution in [1.82, 2.24) is 9.55 Å². The smallest absolute Gasteiger partial charge is 0.285 e. The van der Waals surface area contributed by atoms with Crippen molar-refractivity contribution in [2.75, 3.05) is 0 Å². The summed E-state index contributed by atoms with van der Waals surface area (Å²) in [6.07, 6.45) is 2.97. The highest BCUT2D eigenvalue weighted by atomic mass is 16.6. The third-order valence-corrected chi connectivity index (χ3v) is 2.39. The van der Waals surface area contributed by atoms with Gasteiger partial charge in [-0.3, -0.25) is 14.7 Å². The molecule has 0 bridgehead atoms. The van der Waals surface area contributed by atoms with Crippen LogP contribution in [0.1, 0.15) is 11.4 Å². The number of para-hydroxylation sites is 1. The van der Waals surface area contributed by atoms with Crippen LogP contribution >= 0.6 is 0 Å². The summed E-state index contributed by atoms with van der Waals surface area (Å²) in [4.78, 5) is 14.3. The first-order chi connectivity index (χ1) is 8.15. The normalized spacial score (nSPS) is 9.88. The van der Waals surface area contributed by atoms with Gasteiger partial charge >= 0.3 is 0 Å². The number of nitriles is 1. The molecule has 0 aliphatic rings. The van der Waals surface area contributed by atoms with Crippen molar-refractivity contribution < 1.29 is 4.92 Å². The van der Waals surface area contributed by atoms with E-state index in [9.17, 15) is 10.1 Å². The molecular formula is C11H8N4O2. The fraction of sp³-hybridized carbons (Fsp3) is 0.0909. The Kier molecular flexibility index (Phi) is 2.58. The molecule has 1 aromatic heterocycles. The quantitative estimate of drug-likeness (QED) is 0.580. The minimum Gasteiger partial charge on any atom is -0.285 e. The van der Waals surface area contributed by atoms with Crippen molar-refractivity contribution in [1.29, 1.82) is 5.26 Å². The fourth-order valence-electron chi connectivity index (χ4n) is 1.67. The minimum absolute atomic E-state index is 0.0421. The highest BCUT2D eigenvalue weighted by molar-refractivity contribution is 5.58. The number of aromatic nitrogens is 2. The number of rotatable bonds is 2. The van der Waals surface area contributed by atoms with Crippen LogP contribution in [0.25, 0.3) is 5.69 Å². The number of hydrogen-bond donors (Lipinski definition) is 0. The molecule has 1 heterocycles. The molecule has 6 nitrogen and oxygen atoms in total. The van der Waals surface area contributed by atoms with Crippen LogP contribution in [0.15, 0.2) is 30.6 Å². The van der Waals surface area contributed by atoms with Gasteiger partial charge in [-0.15, -0.1) is 0 Å². The van der Waals surface area contributed by atoms with E-state index in [1.807, 2.05) is 6.07 Å². The van der Waals surface area contributed by atoms with Crippen LogP contribution in [0.4, 0.5) is 5.69 Å². The first kappa shape index (κ1) is 10.8. The van der Waals surface area contributed by atoms with Crippen LogP contribution in [0.5, 0.6) is 0 Å². The Hall–Kier alpha value is -2.68. The van der Waals surface area contributed by atoms with Crippen LogP contribution in [-0.2, 0) is 0 Å². The summed E-state index contributed by atoms with van der Waals surface area (Å²) >= 11 is 0. The molecule has 0 radical (unpaired) electrons. The number of hydrogen-bond acceptors (Lipinski definition) is 4. The summed E-state index contributed by atoms with van der Waals surface area (Å²) in [6, 6.07) is 6.67. The Labute approximate surface area is 96.9 Å². The maximum absolute atomic E-state index is 11.0. The number of aryl methyl sites for hydroxylation is 1. The number of benzene rings is 1. The van der Waals surface area contributed by atoms with Gasteiger partial charge in [-0.2, -0.15) is 5.26 Å². The van der Waals surface area contributed by atoms with Crippen molar-refractivity contribution in [2.45, 2.75) is 6.92 Å². The molecule has 0 spiro atoms. The summed E-state index contributed by atoms with van der Waals surface area (Å²) in [5.41, 5.74) is 1.06. The van der Waals surface area contributed by atoms with E-state index >= 15 is 0 Å². The second-order valence-corrected chi connectivity index (χ2v) is 3.43. The lowest BCUT2D eigenvalue weighted by molar-refractivity contribution is -0.384. The van der Waals surface area contributed by atoms with E-state index < -0.39 is 4.92 Å². The van der Waals surface area contributed by atoms with Crippen LogP contribution in [0.2, 0.25) is 0 Å². The van der Waals surface area contributed by atoms with Gasteiger partial charge in [0.15, 0.2) is 0 Å². The van der Waals surface area contributed by atoms with Gasteiger partial charge in [0.2, 0.25) is 5.82 Å². The van der Waals surface area contributed by atoms with Gasteiger partial charge in [-0.1, -0.05) is 12.1 Å². The Morgan fingerprint density at radius 2 is 2.29 bits per heavy atom. The third-order valence-electron chi connectivity index (χ3n) is 2.39. The SMILES string of the molecule is Cc1cccc([N+](=O)[O-])c1-n1ccnc1C#N. The van der Waals surface area contributed by atoms with Gasteiger partial charge in [0, 0.05) is 18.5 Å². The molecule has 0 saturated heterocycles. The van der Waals surface area contributed by atoms with E-state index in [-0.39, 0.29) is 11.5 Å². The standard InChI is InChI=1S/C11H8N4O2/c1-8-3-2-4-9(15(16)17)11(8)14-6-5-13-10(14)7-12/h2-6H,1H3. The van der Waals surface area contributed by atoms with Crippen molar-refractivity contribution in [3.8, 4) is 11.8 Å². The second kappa shape index (κ2) is 4.06. The van der Waals surface area contributed by atoms with E-state index in [4.69, 9.17) is 5.26 Å². The molecule has 2 aromatic rings. The van der Waals surface area contributed by atoms with Crippen LogP contribution < -0.4 is 0 Å². The predicted octanol–water partition coefficient (Wildman–Crippen LogP) is 1.96. The van der Waals surface area contributed by atoms with Gasteiger partial charge in [-0.25, -0.2) is 4.98 Å². The molecule has 0 aliphatic heterocycles. The predicted molar refractivity (Wildman–Crippen MR) is 59.7 cm³/mol. The van der Waals surface area contributed by atoms with Gasteiger partial charge < -0.3 is 0 Å². The van der Waals surface area contributed by atoms with E-state index in [0.717, 1.165) is 0 Å². The van der Waals surface area contributed by atoms with Gasteiger partial charge in [0.1, 0.15) is 11.8 Å². The summed E-state index contributed by atoms with van der Waals surface area (Å²) in [7, 11) is 0. The maximum atomic E-state index is 11.0. The molecule has 6 heteroatoms. The van der Waals surface area contributed by atoms with Crippen molar-refractivity contribution in [3.63, 3.8) is 0 Å². The molecule has 0 amide bonds. The second-order valence-electron chi connectivity index (χ2n) is 3.43. The van der Waals surface area contributed by atoms with Crippen molar-refractivity contribution in [2.24, 2.45) is 0 Å².